The molecule has 0 bridgehead atoms. The summed E-state index contributed by atoms with van der Waals surface area (Å²) in [4.78, 5) is 10.8. The molecule has 0 saturated carbocycles. The van der Waals surface area contributed by atoms with Gasteiger partial charge in [-0.2, -0.15) is 4.98 Å². The molecule has 0 fully saturated rings. The van der Waals surface area contributed by atoms with Crippen molar-refractivity contribution in [3.05, 3.63) is 46.7 Å². The fourth-order valence-corrected chi connectivity index (χ4v) is 1.26. The molecular formula is C12H10FN4O+. The van der Waals surface area contributed by atoms with Gasteiger partial charge in [0, 0.05) is 12.1 Å². The van der Waals surface area contributed by atoms with E-state index >= 15 is 0 Å². The van der Waals surface area contributed by atoms with Crippen molar-refractivity contribution in [1.29, 1.82) is 0 Å². The SMILES string of the molecule is C#[N+]c1ccc(COc2ncc(F)c(N)n2)cc1. The first kappa shape index (κ1) is 11.8. The lowest BCUT2D eigenvalue weighted by Gasteiger charge is -2.04. The first-order chi connectivity index (χ1) is 8.69. The highest BCUT2D eigenvalue weighted by atomic mass is 19.1. The van der Waals surface area contributed by atoms with Gasteiger partial charge in [0.15, 0.2) is 11.6 Å². The predicted octanol–water partition coefficient (Wildman–Crippen LogP) is 2.37. The molecule has 18 heavy (non-hydrogen) atoms. The molecule has 2 rings (SSSR count). The molecule has 0 radical (unpaired) electrons. The number of nitrogens with zero attached hydrogens (tertiary/aromatic N) is 3. The number of benzene rings is 1. The van der Waals surface area contributed by atoms with E-state index in [1.165, 1.54) is 0 Å². The summed E-state index contributed by atoms with van der Waals surface area (Å²) in [5.74, 6) is -0.909. The topological polar surface area (TPSA) is 65.4 Å². The summed E-state index contributed by atoms with van der Waals surface area (Å²) in [7, 11) is 0. The van der Waals surface area contributed by atoms with E-state index in [0.29, 0.717) is 5.69 Å². The quantitative estimate of drug-likeness (QED) is 0.901. The Balaban J connectivity index is 2.02. The van der Waals surface area contributed by atoms with Gasteiger partial charge >= 0.3 is 11.7 Å². The van der Waals surface area contributed by atoms with Gasteiger partial charge in [-0.3, -0.25) is 0 Å². The lowest BCUT2D eigenvalue weighted by molar-refractivity contribution is 0.280. The fraction of sp³-hybridized carbons (Fsp3) is 0.0833. The number of hydrogen-bond acceptors (Lipinski definition) is 4. The molecule has 0 unspecified atom stereocenters. The monoisotopic (exact) mass is 245 g/mol. The first-order valence-corrected chi connectivity index (χ1v) is 5.09. The van der Waals surface area contributed by atoms with E-state index in [2.05, 4.69) is 14.8 Å². The second-order valence-electron chi connectivity index (χ2n) is 3.47. The van der Waals surface area contributed by atoms with Gasteiger partial charge in [-0.05, 0) is 22.5 Å². The average molecular weight is 245 g/mol. The molecule has 0 amide bonds. The normalized spacial score (nSPS) is 9.78. The largest absolute Gasteiger partial charge is 0.459 e. The van der Waals surface area contributed by atoms with E-state index in [1.807, 2.05) is 0 Å². The predicted molar refractivity (Wildman–Crippen MR) is 65.1 cm³/mol. The third-order valence-corrected chi connectivity index (χ3v) is 2.20. The van der Waals surface area contributed by atoms with Crippen LogP contribution in [-0.4, -0.2) is 9.97 Å². The molecule has 6 heteroatoms. The Morgan fingerprint density at radius 2 is 2.06 bits per heavy atom. The molecule has 0 aliphatic heterocycles. The van der Waals surface area contributed by atoms with Crippen LogP contribution in [0.15, 0.2) is 30.5 Å². The molecule has 0 spiro atoms. The summed E-state index contributed by atoms with van der Waals surface area (Å²) in [5, 5.41) is 0. The van der Waals surface area contributed by atoms with Crippen molar-refractivity contribution in [2.75, 3.05) is 5.73 Å². The van der Waals surface area contributed by atoms with Gasteiger partial charge in [-0.15, -0.1) is 0 Å². The smallest absolute Gasteiger partial charge is 0.339 e. The molecule has 0 atom stereocenters. The molecule has 1 heterocycles. The van der Waals surface area contributed by atoms with Crippen molar-refractivity contribution in [3.8, 4) is 12.6 Å². The first-order valence-electron chi connectivity index (χ1n) is 5.09. The van der Waals surface area contributed by atoms with Crippen molar-refractivity contribution in [2.24, 2.45) is 0 Å². The number of nitrogens with two attached hydrogens (primary N) is 1. The van der Waals surface area contributed by atoms with Crippen LogP contribution in [0.25, 0.3) is 4.85 Å². The summed E-state index contributed by atoms with van der Waals surface area (Å²) < 4.78 is 18.1. The number of halogens is 1. The summed E-state index contributed by atoms with van der Waals surface area (Å²) in [6.45, 7) is 5.37. The lowest BCUT2D eigenvalue weighted by atomic mass is 10.2. The highest BCUT2D eigenvalue weighted by Crippen LogP contribution is 2.14. The molecule has 1 aromatic heterocycles. The molecule has 2 N–H and O–H groups in total. The van der Waals surface area contributed by atoms with Crippen molar-refractivity contribution < 1.29 is 9.13 Å². The van der Waals surface area contributed by atoms with E-state index in [0.717, 1.165) is 11.8 Å². The zero-order chi connectivity index (χ0) is 13.0. The zero-order valence-corrected chi connectivity index (χ0v) is 9.38. The standard InChI is InChI=1S/C12H10FN4O/c1-15-9-4-2-8(3-5-9)7-18-12-16-6-10(13)11(14)17-12/h1-6H,7H2,(H2,14,16,17)/q+1. The maximum atomic E-state index is 12.8. The molecule has 5 nitrogen and oxygen atoms in total. The number of hydrogen-bond donors (Lipinski definition) is 1. The Morgan fingerprint density at radius 1 is 1.33 bits per heavy atom. The molecule has 0 saturated heterocycles. The third kappa shape index (κ3) is 2.71. The minimum absolute atomic E-state index is 0.0292. The zero-order valence-electron chi connectivity index (χ0n) is 9.38. The average Bonchev–Trinajstić information content (AvgIpc) is 2.41. The van der Waals surface area contributed by atoms with Crippen LogP contribution in [0.3, 0.4) is 0 Å². The van der Waals surface area contributed by atoms with Gasteiger partial charge in [0.1, 0.15) is 6.61 Å². The maximum absolute atomic E-state index is 12.8. The molecule has 1 aromatic carbocycles. The van der Waals surface area contributed by atoms with Crippen LogP contribution in [0, 0.1) is 12.4 Å². The van der Waals surface area contributed by atoms with E-state index in [9.17, 15) is 4.39 Å². The van der Waals surface area contributed by atoms with Gasteiger partial charge in [-0.1, -0.05) is 0 Å². The van der Waals surface area contributed by atoms with Gasteiger partial charge in [0.2, 0.25) is 0 Å². The van der Waals surface area contributed by atoms with Crippen molar-refractivity contribution in [2.45, 2.75) is 6.61 Å². The lowest BCUT2D eigenvalue weighted by Crippen LogP contribution is -2.03. The van der Waals surface area contributed by atoms with Crippen LogP contribution < -0.4 is 10.5 Å². The summed E-state index contributed by atoms with van der Waals surface area (Å²) in [6, 6.07) is 7.13. The maximum Gasteiger partial charge on any atom is 0.339 e. The Bertz CT molecular complexity index is 592. The highest BCUT2D eigenvalue weighted by Gasteiger charge is 2.05. The van der Waals surface area contributed by atoms with Crippen molar-refractivity contribution in [1.82, 2.24) is 9.97 Å². The van der Waals surface area contributed by atoms with Gasteiger partial charge < -0.3 is 10.5 Å². The second kappa shape index (κ2) is 5.10. The second-order valence-corrected chi connectivity index (χ2v) is 3.47. The minimum Gasteiger partial charge on any atom is -0.459 e. The molecule has 0 aliphatic carbocycles. The van der Waals surface area contributed by atoms with Crippen molar-refractivity contribution >= 4 is 11.5 Å². The summed E-state index contributed by atoms with van der Waals surface area (Å²) in [5.41, 5.74) is 6.85. The Kier molecular flexibility index (Phi) is 3.34. The van der Waals surface area contributed by atoms with Gasteiger partial charge in [0.25, 0.3) is 6.57 Å². The summed E-state index contributed by atoms with van der Waals surface area (Å²) in [6.07, 6.45) is 0.966. The number of aromatic nitrogens is 2. The van der Waals surface area contributed by atoms with Crippen LogP contribution >= 0.6 is 0 Å². The van der Waals surface area contributed by atoms with E-state index < -0.39 is 5.82 Å². The molecular weight excluding hydrogens is 235 g/mol. The molecule has 0 aliphatic rings. The van der Waals surface area contributed by atoms with E-state index in [4.69, 9.17) is 17.0 Å². The van der Waals surface area contributed by atoms with Gasteiger partial charge in [-0.25, -0.2) is 9.37 Å². The molecule has 2 aromatic rings. The molecule has 90 valence electrons. The van der Waals surface area contributed by atoms with E-state index in [-0.39, 0.29) is 18.4 Å². The number of rotatable bonds is 3. The Morgan fingerprint density at radius 3 is 2.67 bits per heavy atom. The van der Waals surface area contributed by atoms with Crippen LogP contribution in [-0.2, 0) is 6.61 Å². The Labute approximate surface area is 103 Å². The highest BCUT2D eigenvalue weighted by molar-refractivity contribution is 5.46. The summed E-state index contributed by atoms with van der Waals surface area (Å²) >= 11 is 0. The Hall–Kier alpha value is -2.68. The third-order valence-electron chi connectivity index (χ3n) is 2.20. The number of nitrogen functional groups attached to an aromatic ring is 1. The minimum atomic E-state index is -0.670. The van der Waals surface area contributed by atoms with Crippen molar-refractivity contribution in [3.63, 3.8) is 0 Å². The van der Waals surface area contributed by atoms with Gasteiger partial charge in [0.05, 0.1) is 6.20 Å². The van der Waals surface area contributed by atoms with Crippen LogP contribution in [0.2, 0.25) is 0 Å². The van der Waals surface area contributed by atoms with Crippen LogP contribution in [0.5, 0.6) is 6.01 Å². The van der Waals surface area contributed by atoms with E-state index in [1.54, 1.807) is 24.3 Å². The van der Waals surface area contributed by atoms with Crippen LogP contribution in [0.1, 0.15) is 5.56 Å². The number of anilines is 1. The van der Waals surface area contributed by atoms with Crippen LogP contribution in [0.4, 0.5) is 15.9 Å². The number of ether oxygens (including phenoxy) is 1. The fourth-order valence-electron chi connectivity index (χ4n) is 1.26.